The number of hydrogen-bond acceptors (Lipinski definition) is 7. The number of aliphatic hydroxyl groups is 4. The SMILES string of the molecule is CCOCCOCCO.NC(CO)(CO)CO. The van der Waals surface area contributed by atoms with Gasteiger partial charge in [0, 0.05) is 6.61 Å². The van der Waals surface area contributed by atoms with Crippen molar-refractivity contribution in [2.45, 2.75) is 12.5 Å². The summed E-state index contributed by atoms with van der Waals surface area (Å²) in [4.78, 5) is 0. The summed E-state index contributed by atoms with van der Waals surface area (Å²) in [6.45, 7) is 3.15. The third kappa shape index (κ3) is 13.7. The molecule has 0 aliphatic rings. The van der Waals surface area contributed by atoms with Gasteiger partial charge in [-0.2, -0.15) is 0 Å². The lowest BCUT2D eigenvalue weighted by Gasteiger charge is -2.20. The molecule has 0 amide bonds. The molecule has 7 heteroatoms. The van der Waals surface area contributed by atoms with E-state index in [0.717, 1.165) is 6.61 Å². The van der Waals surface area contributed by atoms with Gasteiger partial charge in [0.2, 0.25) is 0 Å². The van der Waals surface area contributed by atoms with Crippen molar-refractivity contribution in [3.8, 4) is 0 Å². The van der Waals surface area contributed by atoms with E-state index in [1.54, 1.807) is 0 Å². The molecule has 0 aromatic heterocycles. The molecular weight excluding hydrogens is 230 g/mol. The van der Waals surface area contributed by atoms with Crippen molar-refractivity contribution >= 4 is 0 Å². The summed E-state index contributed by atoms with van der Waals surface area (Å²) in [5.41, 5.74) is 3.94. The lowest BCUT2D eigenvalue weighted by atomic mass is 10.1. The van der Waals surface area contributed by atoms with Gasteiger partial charge in [-0.05, 0) is 6.92 Å². The van der Waals surface area contributed by atoms with Crippen LogP contribution in [0.25, 0.3) is 0 Å². The monoisotopic (exact) mass is 255 g/mol. The van der Waals surface area contributed by atoms with E-state index in [1.807, 2.05) is 6.92 Å². The number of hydrogen-bond donors (Lipinski definition) is 5. The molecule has 0 aliphatic carbocycles. The normalized spacial score (nSPS) is 10.9. The highest BCUT2D eigenvalue weighted by Gasteiger charge is 2.20. The Kier molecular flexibility index (Phi) is 15.5. The Bertz CT molecular complexity index is 128. The minimum Gasteiger partial charge on any atom is -0.394 e. The molecule has 0 aromatic rings. The van der Waals surface area contributed by atoms with Crippen molar-refractivity contribution in [2.24, 2.45) is 5.73 Å². The first-order chi connectivity index (χ1) is 8.10. The molecule has 0 bridgehead atoms. The Morgan fingerprint density at radius 1 is 0.882 bits per heavy atom. The van der Waals surface area contributed by atoms with Gasteiger partial charge in [-0.3, -0.25) is 0 Å². The molecule has 0 fully saturated rings. The lowest BCUT2D eigenvalue weighted by Crippen LogP contribution is -2.50. The number of ether oxygens (including phenoxy) is 2. The second-order valence-corrected chi connectivity index (χ2v) is 3.37. The molecule has 7 nitrogen and oxygen atoms in total. The summed E-state index contributed by atoms with van der Waals surface area (Å²) in [7, 11) is 0. The molecule has 0 unspecified atom stereocenters. The van der Waals surface area contributed by atoms with Crippen LogP contribution >= 0.6 is 0 Å². The third-order valence-corrected chi connectivity index (χ3v) is 1.76. The fourth-order valence-corrected chi connectivity index (χ4v) is 0.579. The smallest absolute Gasteiger partial charge is 0.0856 e. The fraction of sp³-hybridized carbons (Fsp3) is 1.00. The maximum absolute atomic E-state index is 8.34. The zero-order chi connectivity index (χ0) is 13.6. The van der Waals surface area contributed by atoms with Gasteiger partial charge >= 0.3 is 0 Å². The van der Waals surface area contributed by atoms with E-state index in [0.29, 0.717) is 19.8 Å². The highest BCUT2D eigenvalue weighted by atomic mass is 16.5. The van der Waals surface area contributed by atoms with Gasteiger partial charge in [-0.1, -0.05) is 0 Å². The van der Waals surface area contributed by atoms with Crippen molar-refractivity contribution in [3.63, 3.8) is 0 Å². The van der Waals surface area contributed by atoms with Gasteiger partial charge in [-0.15, -0.1) is 0 Å². The van der Waals surface area contributed by atoms with Crippen LogP contribution in [0.15, 0.2) is 0 Å². The zero-order valence-electron chi connectivity index (χ0n) is 10.3. The Hall–Kier alpha value is -0.280. The van der Waals surface area contributed by atoms with E-state index in [2.05, 4.69) is 0 Å². The Morgan fingerprint density at radius 3 is 1.65 bits per heavy atom. The third-order valence-electron chi connectivity index (χ3n) is 1.76. The van der Waals surface area contributed by atoms with E-state index in [9.17, 15) is 0 Å². The van der Waals surface area contributed by atoms with Gasteiger partial charge in [0.1, 0.15) is 0 Å². The van der Waals surface area contributed by atoms with Crippen molar-refractivity contribution in [1.82, 2.24) is 0 Å². The first kappa shape index (κ1) is 19.1. The molecule has 6 N–H and O–H groups in total. The van der Waals surface area contributed by atoms with E-state index >= 15 is 0 Å². The predicted molar refractivity (Wildman–Crippen MR) is 62.6 cm³/mol. The minimum absolute atomic E-state index is 0.0894. The summed E-state index contributed by atoms with van der Waals surface area (Å²) in [6, 6.07) is 0. The molecule has 106 valence electrons. The van der Waals surface area contributed by atoms with Crippen LogP contribution in [0.3, 0.4) is 0 Å². The van der Waals surface area contributed by atoms with Crippen molar-refractivity contribution in [2.75, 3.05) is 52.9 Å². The molecule has 0 atom stereocenters. The maximum atomic E-state index is 8.34. The fourth-order valence-electron chi connectivity index (χ4n) is 0.579. The Balaban J connectivity index is 0. The van der Waals surface area contributed by atoms with Crippen molar-refractivity contribution in [1.29, 1.82) is 0 Å². The summed E-state index contributed by atoms with van der Waals surface area (Å²) in [5, 5.41) is 33.3. The highest BCUT2D eigenvalue weighted by Crippen LogP contribution is 1.93. The van der Waals surface area contributed by atoms with E-state index in [-0.39, 0.29) is 6.61 Å². The number of aliphatic hydroxyl groups excluding tert-OH is 4. The van der Waals surface area contributed by atoms with E-state index in [4.69, 9.17) is 35.6 Å². The highest BCUT2D eigenvalue weighted by molar-refractivity contribution is 4.80. The van der Waals surface area contributed by atoms with Crippen LogP contribution in [0.5, 0.6) is 0 Å². The van der Waals surface area contributed by atoms with Crippen LogP contribution in [-0.2, 0) is 9.47 Å². The second-order valence-electron chi connectivity index (χ2n) is 3.37. The van der Waals surface area contributed by atoms with Crippen LogP contribution in [0.4, 0.5) is 0 Å². The van der Waals surface area contributed by atoms with Crippen LogP contribution in [0, 0.1) is 0 Å². The molecule has 0 radical (unpaired) electrons. The minimum atomic E-state index is -1.21. The van der Waals surface area contributed by atoms with Gasteiger partial charge in [0.25, 0.3) is 0 Å². The molecule has 0 spiro atoms. The van der Waals surface area contributed by atoms with Crippen molar-refractivity contribution in [3.05, 3.63) is 0 Å². The number of nitrogens with two attached hydrogens (primary N) is 1. The van der Waals surface area contributed by atoms with Gasteiger partial charge < -0.3 is 35.6 Å². The Labute approximate surface area is 102 Å². The molecule has 0 saturated carbocycles. The first-order valence-corrected chi connectivity index (χ1v) is 5.48. The molecule has 0 aromatic carbocycles. The van der Waals surface area contributed by atoms with Crippen LogP contribution in [0.2, 0.25) is 0 Å². The summed E-state index contributed by atoms with van der Waals surface area (Å²) in [5.74, 6) is 0. The quantitative estimate of drug-likeness (QED) is 0.293. The first-order valence-electron chi connectivity index (χ1n) is 5.48. The second kappa shape index (κ2) is 13.8. The molecule has 0 heterocycles. The molecule has 17 heavy (non-hydrogen) atoms. The maximum Gasteiger partial charge on any atom is 0.0856 e. The molecule has 0 aliphatic heterocycles. The van der Waals surface area contributed by atoms with Crippen molar-refractivity contribution < 1.29 is 29.9 Å². The van der Waals surface area contributed by atoms with Crippen LogP contribution in [0.1, 0.15) is 6.92 Å². The zero-order valence-corrected chi connectivity index (χ0v) is 10.3. The average Bonchev–Trinajstić information content (AvgIpc) is 2.38. The van der Waals surface area contributed by atoms with Gasteiger partial charge in [0.15, 0.2) is 0 Å². The average molecular weight is 255 g/mol. The molecule has 0 rings (SSSR count). The van der Waals surface area contributed by atoms with Crippen LogP contribution < -0.4 is 5.73 Å². The number of rotatable bonds is 9. The van der Waals surface area contributed by atoms with Gasteiger partial charge in [-0.25, -0.2) is 0 Å². The molecule has 0 saturated heterocycles. The standard InChI is InChI=1S/C6H14O3.C4H11NO3/c1-2-8-5-6-9-4-3-7;5-4(1-6,2-7)3-8/h7H,2-6H2,1H3;6-8H,1-3,5H2. The van der Waals surface area contributed by atoms with Gasteiger partial charge in [0.05, 0.1) is 51.8 Å². The molecular formula is C10H25NO6. The predicted octanol–water partition coefficient (Wildman–Crippen LogP) is -2.31. The van der Waals surface area contributed by atoms with E-state index < -0.39 is 25.4 Å². The van der Waals surface area contributed by atoms with E-state index in [1.165, 1.54) is 0 Å². The topological polar surface area (TPSA) is 125 Å². The summed E-state index contributed by atoms with van der Waals surface area (Å²) >= 11 is 0. The Morgan fingerprint density at radius 2 is 1.35 bits per heavy atom. The summed E-state index contributed by atoms with van der Waals surface area (Å²) in [6.07, 6.45) is 0. The summed E-state index contributed by atoms with van der Waals surface area (Å²) < 4.78 is 9.88. The van der Waals surface area contributed by atoms with Crippen LogP contribution in [-0.4, -0.2) is 78.8 Å². The largest absolute Gasteiger partial charge is 0.394 e. The lowest BCUT2D eigenvalue weighted by molar-refractivity contribution is 0.0370.